The van der Waals surface area contributed by atoms with E-state index in [9.17, 15) is 0 Å². The molecule has 180 valence electrons. The van der Waals surface area contributed by atoms with Crippen molar-refractivity contribution in [2.24, 2.45) is 0 Å². The largest absolute Gasteiger partial charge is 0.356 e. The zero-order valence-corrected chi connectivity index (χ0v) is 21.1. The summed E-state index contributed by atoms with van der Waals surface area (Å²) in [7, 11) is 0. The molecule has 37 heavy (non-hydrogen) atoms. The summed E-state index contributed by atoms with van der Waals surface area (Å²) in [6, 6.07) is 44.3. The van der Waals surface area contributed by atoms with E-state index in [1.54, 1.807) is 5.56 Å². The molecule has 1 spiro atoms. The van der Waals surface area contributed by atoms with Crippen molar-refractivity contribution < 1.29 is 0 Å². The maximum Gasteiger partial charge on any atom is 0.0387 e. The first-order valence-corrected chi connectivity index (χ1v) is 13.6. The van der Waals surface area contributed by atoms with E-state index in [4.69, 9.17) is 0 Å². The van der Waals surface area contributed by atoms with Crippen LogP contribution in [0.15, 0.2) is 121 Å². The molecule has 5 aromatic rings. The Balaban J connectivity index is 1.17. The predicted molar refractivity (Wildman–Crippen MR) is 156 cm³/mol. The molecule has 0 unspecified atom stereocenters. The molecule has 1 heteroatoms. The lowest BCUT2D eigenvalue weighted by Crippen LogP contribution is -2.28. The second-order valence-corrected chi connectivity index (χ2v) is 10.6. The highest BCUT2D eigenvalue weighted by Crippen LogP contribution is 2.56. The minimum absolute atomic E-state index is 0.190. The van der Waals surface area contributed by atoms with Gasteiger partial charge in [-0.05, 0) is 87.7 Å². The van der Waals surface area contributed by atoms with Gasteiger partial charge in [-0.1, -0.05) is 110 Å². The highest BCUT2D eigenvalue weighted by molar-refractivity contribution is 5.83. The van der Waals surface area contributed by atoms with Crippen LogP contribution in [0.25, 0.3) is 33.4 Å². The summed E-state index contributed by atoms with van der Waals surface area (Å²) in [4.78, 5) is 0. The molecule has 1 N–H and O–H groups in total. The zero-order chi connectivity index (χ0) is 24.7. The van der Waals surface area contributed by atoms with E-state index in [0.717, 1.165) is 5.69 Å². The van der Waals surface area contributed by atoms with Gasteiger partial charge in [0.25, 0.3) is 0 Å². The number of nitrogens with one attached hydrogen (secondary N) is 1. The van der Waals surface area contributed by atoms with Crippen molar-refractivity contribution in [3.05, 3.63) is 132 Å². The second-order valence-electron chi connectivity index (χ2n) is 10.6. The minimum Gasteiger partial charge on any atom is -0.356 e. The number of rotatable bonds is 4. The van der Waals surface area contributed by atoms with Gasteiger partial charge in [0.1, 0.15) is 0 Å². The van der Waals surface area contributed by atoms with E-state index >= 15 is 0 Å². The van der Waals surface area contributed by atoms with Gasteiger partial charge in [0, 0.05) is 16.8 Å². The average Bonchev–Trinajstić information content (AvgIpc) is 3.23. The number of benzene rings is 5. The summed E-state index contributed by atoms with van der Waals surface area (Å²) < 4.78 is 0. The Morgan fingerprint density at radius 1 is 0.432 bits per heavy atom. The van der Waals surface area contributed by atoms with Gasteiger partial charge in [-0.25, -0.2) is 0 Å². The van der Waals surface area contributed by atoms with Gasteiger partial charge >= 0.3 is 0 Å². The summed E-state index contributed by atoms with van der Waals surface area (Å²) in [5, 5.41) is 3.70. The van der Waals surface area contributed by atoms with Crippen molar-refractivity contribution in [1.82, 2.24) is 0 Å². The molecule has 0 aliphatic heterocycles. The van der Waals surface area contributed by atoms with E-state index in [-0.39, 0.29) is 5.41 Å². The first-order chi connectivity index (χ1) is 18.3. The van der Waals surface area contributed by atoms with Crippen LogP contribution in [0.3, 0.4) is 0 Å². The Morgan fingerprint density at radius 2 is 1.05 bits per heavy atom. The Labute approximate surface area is 219 Å². The van der Waals surface area contributed by atoms with Gasteiger partial charge in [-0.3, -0.25) is 0 Å². The number of hydrogen-bond donors (Lipinski definition) is 1. The van der Waals surface area contributed by atoms with Crippen molar-refractivity contribution in [2.45, 2.75) is 37.5 Å². The molecule has 0 aromatic heterocycles. The standard InChI is InChI=1S/C36H31N/c1-3-10-26(11-4-1)28-12-9-13-29(24-28)27-16-18-30(19-17-27)37-31-20-21-33-32-14-5-6-15-34(32)36(35(33)25-31)22-7-2-8-23-36/h1,3-6,9-21,24-25,37H,2,7-8,22-23H2. The van der Waals surface area contributed by atoms with Crippen LogP contribution in [-0.2, 0) is 5.41 Å². The number of fused-ring (bicyclic) bond motifs is 5. The Hall–Kier alpha value is -4.10. The molecule has 1 saturated carbocycles. The summed E-state index contributed by atoms with van der Waals surface area (Å²) in [6.45, 7) is 0. The molecular formula is C36H31N. The van der Waals surface area contributed by atoms with Crippen LogP contribution >= 0.6 is 0 Å². The molecule has 1 fully saturated rings. The average molecular weight is 478 g/mol. The SMILES string of the molecule is c1ccc(-c2cccc(-c3ccc(Nc4ccc5c(c4)C4(CCCCC4)c4ccccc4-5)cc3)c2)cc1. The first kappa shape index (κ1) is 22.1. The summed E-state index contributed by atoms with van der Waals surface area (Å²) in [6.07, 6.45) is 6.52. The lowest BCUT2D eigenvalue weighted by molar-refractivity contribution is 0.353. The van der Waals surface area contributed by atoms with Crippen molar-refractivity contribution in [1.29, 1.82) is 0 Å². The smallest absolute Gasteiger partial charge is 0.0387 e. The molecule has 2 aliphatic carbocycles. The molecule has 7 rings (SSSR count). The predicted octanol–water partition coefficient (Wildman–Crippen LogP) is 9.99. The van der Waals surface area contributed by atoms with Crippen molar-refractivity contribution in [3.8, 4) is 33.4 Å². The molecular weight excluding hydrogens is 446 g/mol. The van der Waals surface area contributed by atoms with Crippen LogP contribution < -0.4 is 5.32 Å². The van der Waals surface area contributed by atoms with E-state index < -0.39 is 0 Å². The van der Waals surface area contributed by atoms with Gasteiger partial charge in [0.15, 0.2) is 0 Å². The second kappa shape index (κ2) is 9.09. The number of hydrogen-bond acceptors (Lipinski definition) is 1. The van der Waals surface area contributed by atoms with Crippen LogP contribution in [0.1, 0.15) is 43.2 Å². The third kappa shape index (κ3) is 3.86. The topological polar surface area (TPSA) is 12.0 Å². The van der Waals surface area contributed by atoms with Crippen molar-refractivity contribution >= 4 is 11.4 Å². The van der Waals surface area contributed by atoms with E-state index in [1.807, 2.05) is 0 Å². The highest BCUT2D eigenvalue weighted by atomic mass is 14.9. The zero-order valence-electron chi connectivity index (χ0n) is 21.1. The fourth-order valence-electron chi connectivity index (χ4n) is 6.65. The fourth-order valence-corrected chi connectivity index (χ4v) is 6.65. The third-order valence-electron chi connectivity index (χ3n) is 8.45. The van der Waals surface area contributed by atoms with E-state index in [0.29, 0.717) is 0 Å². The minimum atomic E-state index is 0.190. The monoisotopic (exact) mass is 477 g/mol. The normalized spacial score (nSPS) is 15.2. The summed E-state index contributed by atoms with van der Waals surface area (Å²) >= 11 is 0. The van der Waals surface area contributed by atoms with E-state index in [1.165, 1.54) is 76.7 Å². The van der Waals surface area contributed by atoms with Crippen molar-refractivity contribution in [2.75, 3.05) is 5.32 Å². The molecule has 0 saturated heterocycles. The molecule has 0 bridgehead atoms. The quantitative estimate of drug-likeness (QED) is 0.271. The first-order valence-electron chi connectivity index (χ1n) is 13.6. The molecule has 1 nitrogen and oxygen atoms in total. The van der Waals surface area contributed by atoms with Crippen LogP contribution in [-0.4, -0.2) is 0 Å². The lowest BCUT2D eigenvalue weighted by atomic mass is 9.68. The lowest BCUT2D eigenvalue weighted by Gasteiger charge is -2.36. The maximum absolute atomic E-state index is 3.70. The Morgan fingerprint density at radius 3 is 1.84 bits per heavy atom. The molecule has 5 aromatic carbocycles. The van der Waals surface area contributed by atoms with Crippen LogP contribution in [0.4, 0.5) is 11.4 Å². The fraction of sp³-hybridized carbons (Fsp3) is 0.167. The summed E-state index contributed by atoms with van der Waals surface area (Å²) in [5.41, 5.74) is 13.4. The molecule has 0 radical (unpaired) electrons. The maximum atomic E-state index is 3.70. The Bertz CT molecular complexity index is 1560. The van der Waals surface area contributed by atoms with Gasteiger partial charge in [-0.2, -0.15) is 0 Å². The number of anilines is 2. The highest BCUT2D eigenvalue weighted by Gasteiger charge is 2.43. The van der Waals surface area contributed by atoms with Gasteiger partial charge < -0.3 is 5.32 Å². The van der Waals surface area contributed by atoms with Gasteiger partial charge in [-0.15, -0.1) is 0 Å². The molecule has 2 aliphatic rings. The van der Waals surface area contributed by atoms with E-state index in [2.05, 4.69) is 127 Å². The van der Waals surface area contributed by atoms with Crippen LogP contribution in [0.2, 0.25) is 0 Å². The van der Waals surface area contributed by atoms with Gasteiger partial charge in [0.2, 0.25) is 0 Å². The van der Waals surface area contributed by atoms with Gasteiger partial charge in [0.05, 0.1) is 0 Å². The Kier molecular flexibility index (Phi) is 5.43. The molecule has 0 heterocycles. The van der Waals surface area contributed by atoms with Crippen LogP contribution in [0, 0.1) is 0 Å². The van der Waals surface area contributed by atoms with Crippen LogP contribution in [0.5, 0.6) is 0 Å². The third-order valence-corrected chi connectivity index (χ3v) is 8.45. The van der Waals surface area contributed by atoms with Crippen molar-refractivity contribution in [3.63, 3.8) is 0 Å². The molecule has 0 atom stereocenters. The molecule has 0 amide bonds. The summed E-state index contributed by atoms with van der Waals surface area (Å²) in [5.74, 6) is 0.